The maximum atomic E-state index is 10.5. The van der Waals surface area contributed by atoms with Gasteiger partial charge < -0.3 is 10.0 Å². The molecule has 0 amide bonds. The van der Waals surface area contributed by atoms with Crippen molar-refractivity contribution in [2.75, 3.05) is 19.6 Å². The maximum absolute atomic E-state index is 10.5. The third-order valence-corrected chi connectivity index (χ3v) is 3.33. The summed E-state index contributed by atoms with van der Waals surface area (Å²) in [6, 6.07) is 3.86. The van der Waals surface area contributed by atoms with Crippen LogP contribution in [0.5, 0.6) is 0 Å². The van der Waals surface area contributed by atoms with Gasteiger partial charge in [-0.3, -0.25) is 4.98 Å². The first-order chi connectivity index (χ1) is 8.24. The number of aliphatic hydroxyl groups is 1. The molecule has 1 fully saturated rings. The summed E-state index contributed by atoms with van der Waals surface area (Å²) >= 11 is 0. The predicted molar refractivity (Wildman–Crippen MR) is 70.8 cm³/mol. The number of piperidine rings is 1. The molecule has 1 saturated heterocycles. The number of likely N-dealkylation sites (tertiary alicyclic amines) is 1. The molecule has 96 valence electrons. The van der Waals surface area contributed by atoms with Crippen molar-refractivity contribution in [3.05, 3.63) is 30.1 Å². The Morgan fingerprint density at radius 1 is 1.35 bits per heavy atom. The Morgan fingerprint density at radius 2 is 2.00 bits per heavy atom. The molecule has 1 aliphatic rings. The second-order valence-corrected chi connectivity index (χ2v) is 4.21. The van der Waals surface area contributed by atoms with Crippen molar-refractivity contribution in [2.45, 2.75) is 39.2 Å². The highest BCUT2D eigenvalue weighted by molar-refractivity contribution is 5.18. The van der Waals surface area contributed by atoms with Crippen LogP contribution in [0.25, 0.3) is 0 Å². The van der Waals surface area contributed by atoms with E-state index in [-0.39, 0.29) is 0 Å². The minimum Gasteiger partial charge on any atom is -0.385 e. The summed E-state index contributed by atoms with van der Waals surface area (Å²) in [5.41, 5.74) is 0.306. The Hall–Kier alpha value is -0.930. The van der Waals surface area contributed by atoms with Gasteiger partial charge in [-0.2, -0.15) is 0 Å². The van der Waals surface area contributed by atoms with Gasteiger partial charge in [0.05, 0.1) is 5.60 Å². The molecule has 0 atom stereocenters. The standard InChI is InChI=1S/C12H18N2O.C2H6/c1-2-14-8-5-12(15,6-9-14)11-4-3-7-13-10-11;1-2/h3-4,7,10,15H,2,5-6,8-9H2,1H3;1-2H3. The molecule has 2 rings (SSSR count). The lowest BCUT2D eigenvalue weighted by Gasteiger charge is -2.37. The van der Waals surface area contributed by atoms with Gasteiger partial charge in [0.2, 0.25) is 0 Å². The Balaban J connectivity index is 0.000000686. The van der Waals surface area contributed by atoms with Crippen molar-refractivity contribution in [3.63, 3.8) is 0 Å². The van der Waals surface area contributed by atoms with Gasteiger partial charge in [0.15, 0.2) is 0 Å². The fourth-order valence-electron chi connectivity index (χ4n) is 2.17. The fourth-order valence-corrected chi connectivity index (χ4v) is 2.17. The number of hydrogen-bond donors (Lipinski definition) is 1. The van der Waals surface area contributed by atoms with Crippen LogP contribution >= 0.6 is 0 Å². The van der Waals surface area contributed by atoms with Gasteiger partial charge in [0.25, 0.3) is 0 Å². The summed E-state index contributed by atoms with van der Waals surface area (Å²) in [6.45, 7) is 9.18. The van der Waals surface area contributed by atoms with Crippen LogP contribution in [0, 0.1) is 0 Å². The summed E-state index contributed by atoms with van der Waals surface area (Å²) in [6.07, 6.45) is 5.15. The van der Waals surface area contributed by atoms with E-state index in [1.165, 1.54) is 0 Å². The van der Waals surface area contributed by atoms with Crippen molar-refractivity contribution < 1.29 is 5.11 Å². The maximum Gasteiger partial charge on any atom is 0.0935 e. The topological polar surface area (TPSA) is 36.4 Å². The fraction of sp³-hybridized carbons (Fsp3) is 0.643. The average Bonchev–Trinajstić information content (AvgIpc) is 2.43. The molecule has 0 spiro atoms. The molecule has 0 aliphatic carbocycles. The lowest BCUT2D eigenvalue weighted by atomic mass is 9.85. The van der Waals surface area contributed by atoms with Gasteiger partial charge >= 0.3 is 0 Å². The number of pyridine rings is 1. The summed E-state index contributed by atoms with van der Waals surface area (Å²) in [5.74, 6) is 0. The largest absolute Gasteiger partial charge is 0.385 e. The average molecular weight is 236 g/mol. The molecule has 1 aromatic rings. The van der Waals surface area contributed by atoms with Crippen LogP contribution in [0.4, 0.5) is 0 Å². The lowest BCUT2D eigenvalue weighted by molar-refractivity contribution is -0.0249. The molecule has 1 N–H and O–H groups in total. The molecule has 2 heterocycles. The zero-order valence-corrected chi connectivity index (χ0v) is 11.2. The van der Waals surface area contributed by atoms with Crippen LogP contribution in [-0.4, -0.2) is 34.6 Å². The third kappa shape index (κ3) is 3.51. The van der Waals surface area contributed by atoms with Crippen molar-refractivity contribution in [2.24, 2.45) is 0 Å². The summed E-state index contributed by atoms with van der Waals surface area (Å²) in [4.78, 5) is 6.44. The van der Waals surface area contributed by atoms with Gasteiger partial charge in [-0.15, -0.1) is 0 Å². The van der Waals surface area contributed by atoms with Gasteiger partial charge in [0, 0.05) is 31.0 Å². The summed E-state index contributed by atoms with van der Waals surface area (Å²) in [7, 11) is 0. The number of aromatic nitrogens is 1. The Labute approximate surface area is 104 Å². The molecule has 17 heavy (non-hydrogen) atoms. The smallest absolute Gasteiger partial charge is 0.0935 e. The van der Waals surface area contributed by atoms with Crippen molar-refractivity contribution in [1.29, 1.82) is 0 Å². The summed E-state index contributed by atoms with van der Waals surface area (Å²) < 4.78 is 0. The van der Waals surface area contributed by atoms with Gasteiger partial charge in [-0.25, -0.2) is 0 Å². The van der Waals surface area contributed by atoms with Crippen LogP contribution in [0.2, 0.25) is 0 Å². The highest BCUT2D eigenvalue weighted by Crippen LogP contribution is 2.31. The minimum absolute atomic E-state index is 0.653. The van der Waals surface area contributed by atoms with Crippen LogP contribution in [0.1, 0.15) is 39.2 Å². The first-order valence-corrected chi connectivity index (χ1v) is 6.60. The Kier molecular flexibility index (Phi) is 5.59. The molecule has 0 radical (unpaired) electrons. The number of hydrogen-bond acceptors (Lipinski definition) is 3. The van der Waals surface area contributed by atoms with Crippen molar-refractivity contribution in [3.8, 4) is 0 Å². The first-order valence-electron chi connectivity index (χ1n) is 6.60. The summed E-state index contributed by atoms with van der Waals surface area (Å²) in [5, 5.41) is 10.5. The quantitative estimate of drug-likeness (QED) is 0.856. The van der Waals surface area contributed by atoms with E-state index in [1.54, 1.807) is 12.4 Å². The molecule has 1 aliphatic heterocycles. The molecule has 3 nitrogen and oxygen atoms in total. The molecule has 0 aromatic carbocycles. The van der Waals surface area contributed by atoms with E-state index in [9.17, 15) is 5.11 Å². The Morgan fingerprint density at radius 3 is 2.47 bits per heavy atom. The van der Waals surface area contributed by atoms with Crippen LogP contribution < -0.4 is 0 Å². The van der Waals surface area contributed by atoms with Crippen molar-refractivity contribution >= 4 is 0 Å². The minimum atomic E-state index is -0.653. The van der Waals surface area contributed by atoms with E-state index >= 15 is 0 Å². The molecule has 0 unspecified atom stereocenters. The Bertz CT molecular complexity index is 305. The molecular formula is C14H24N2O. The van der Waals surface area contributed by atoms with E-state index in [1.807, 2.05) is 26.0 Å². The van der Waals surface area contributed by atoms with E-state index in [4.69, 9.17) is 0 Å². The molecule has 0 saturated carbocycles. The number of rotatable bonds is 2. The lowest BCUT2D eigenvalue weighted by Crippen LogP contribution is -2.42. The van der Waals surface area contributed by atoms with Crippen molar-refractivity contribution in [1.82, 2.24) is 9.88 Å². The van der Waals surface area contributed by atoms with Crippen LogP contribution in [0.3, 0.4) is 0 Å². The molecule has 3 heteroatoms. The predicted octanol–water partition coefficient (Wildman–Crippen LogP) is 2.41. The highest BCUT2D eigenvalue weighted by Gasteiger charge is 2.33. The molecular weight excluding hydrogens is 212 g/mol. The van der Waals surface area contributed by atoms with Crippen LogP contribution in [0.15, 0.2) is 24.5 Å². The number of nitrogens with zero attached hydrogens (tertiary/aromatic N) is 2. The SMILES string of the molecule is CC.CCN1CCC(O)(c2cccnc2)CC1. The van der Waals surface area contributed by atoms with Gasteiger partial charge in [0.1, 0.15) is 0 Å². The van der Waals surface area contributed by atoms with E-state index in [0.717, 1.165) is 38.0 Å². The first kappa shape index (κ1) is 14.1. The zero-order valence-electron chi connectivity index (χ0n) is 11.2. The molecule has 1 aromatic heterocycles. The van der Waals surface area contributed by atoms with Gasteiger partial charge in [-0.05, 0) is 25.5 Å². The van der Waals surface area contributed by atoms with Crippen LogP contribution in [-0.2, 0) is 5.60 Å². The second-order valence-electron chi connectivity index (χ2n) is 4.21. The zero-order chi connectivity index (χ0) is 12.7. The van der Waals surface area contributed by atoms with E-state index in [0.29, 0.717) is 0 Å². The second kappa shape index (κ2) is 6.72. The molecule has 0 bridgehead atoms. The normalized spacial score (nSPS) is 19.3. The third-order valence-electron chi connectivity index (χ3n) is 3.33. The van der Waals surface area contributed by atoms with Gasteiger partial charge in [-0.1, -0.05) is 26.8 Å². The monoisotopic (exact) mass is 236 g/mol. The van der Waals surface area contributed by atoms with E-state index in [2.05, 4.69) is 16.8 Å². The highest BCUT2D eigenvalue weighted by atomic mass is 16.3. The van der Waals surface area contributed by atoms with E-state index < -0.39 is 5.60 Å².